The topological polar surface area (TPSA) is 26.0 Å². The van der Waals surface area contributed by atoms with Gasteiger partial charge < -0.3 is 5.73 Å². The van der Waals surface area contributed by atoms with Crippen LogP contribution in [-0.4, -0.2) is 12.2 Å². The fraction of sp³-hybridized carbons (Fsp3) is 0.636. The van der Waals surface area contributed by atoms with Gasteiger partial charge >= 0.3 is 0 Å². The van der Waals surface area contributed by atoms with Gasteiger partial charge in [-0.3, -0.25) is 0 Å². The first kappa shape index (κ1) is 11.7. The molecule has 1 unspecified atom stereocenters. The van der Waals surface area contributed by atoms with E-state index >= 15 is 0 Å². The maximum Gasteiger partial charge on any atom is 0.125 e. The van der Waals surface area contributed by atoms with Crippen molar-refractivity contribution >= 4 is 11.3 Å². The average Bonchev–Trinajstić information content (AvgIpc) is 2.66. The summed E-state index contributed by atoms with van der Waals surface area (Å²) in [7, 11) is 0. The van der Waals surface area contributed by atoms with E-state index in [0.717, 1.165) is 6.42 Å². The van der Waals surface area contributed by atoms with Gasteiger partial charge in [-0.25, -0.2) is 4.39 Å². The lowest BCUT2D eigenvalue weighted by atomic mass is 9.87. The van der Waals surface area contributed by atoms with E-state index in [1.165, 1.54) is 5.56 Å². The molecule has 1 aromatic rings. The highest BCUT2D eigenvalue weighted by Crippen LogP contribution is 2.27. The van der Waals surface area contributed by atoms with Crippen molar-refractivity contribution in [2.45, 2.75) is 32.4 Å². The van der Waals surface area contributed by atoms with Crippen LogP contribution in [0.2, 0.25) is 0 Å². The van der Waals surface area contributed by atoms with Gasteiger partial charge in [-0.1, -0.05) is 13.8 Å². The first-order valence-electron chi connectivity index (χ1n) is 4.98. The van der Waals surface area contributed by atoms with E-state index in [1.807, 2.05) is 25.3 Å². The molecule has 1 aromatic heterocycles. The summed E-state index contributed by atoms with van der Waals surface area (Å²) in [5.74, 6) is -0.00821. The molecule has 1 atom stereocenters. The molecule has 1 heterocycles. The van der Waals surface area contributed by atoms with E-state index in [9.17, 15) is 4.39 Å². The second-order valence-corrected chi connectivity index (χ2v) is 4.81. The van der Waals surface area contributed by atoms with Crippen LogP contribution < -0.4 is 5.73 Å². The summed E-state index contributed by atoms with van der Waals surface area (Å²) in [5.41, 5.74) is 5.48. The molecule has 3 heteroatoms. The van der Waals surface area contributed by atoms with Crippen LogP contribution in [0.4, 0.5) is 4.39 Å². The molecule has 14 heavy (non-hydrogen) atoms. The Labute approximate surface area is 89.1 Å². The standard InChI is InChI=1S/C11H18FNS/c1-9(2)11(12,8-13)5-3-10-4-6-14-7-10/h4,6-7,9H,3,5,8,13H2,1-2H3. The van der Waals surface area contributed by atoms with E-state index in [-0.39, 0.29) is 12.5 Å². The zero-order chi connectivity index (χ0) is 10.6. The highest BCUT2D eigenvalue weighted by atomic mass is 32.1. The summed E-state index contributed by atoms with van der Waals surface area (Å²) in [5, 5.41) is 4.09. The lowest BCUT2D eigenvalue weighted by Gasteiger charge is -2.27. The number of thiophene rings is 1. The highest BCUT2D eigenvalue weighted by Gasteiger charge is 2.31. The predicted octanol–water partition coefficient (Wildman–Crippen LogP) is 3.00. The van der Waals surface area contributed by atoms with Crippen LogP contribution >= 0.6 is 11.3 Å². The number of halogens is 1. The Balaban J connectivity index is 2.50. The SMILES string of the molecule is CC(C)C(F)(CN)CCc1ccsc1. The number of rotatable bonds is 5. The number of hydrogen-bond donors (Lipinski definition) is 1. The van der Waals surface area contributed by atoms with Gasteiger partial charge in [-0.15, -0.1) is 0 Å². The van der Waals surface area contributed by atoms with Crippen LogP contribution in [0.5, 0.6) is 0 Å². The molecule has 0 aromatic carbocycles. The van der Waals surface area contributed by atoms with Crippen molar-refractivity contribution in [3.8, 4) is 0 Å². The number of aryl methyl sites for hydroxylation is 1. The maximum atomic E-state index is 14.1. The number of alkyl halides is 1. The van der Waals surface area contributed by atoms with Crippen LogP contribution in [0.3, 0.4) is 0 Å². The molecular weight excluding hydrogens is 197 g/mol. The van der Waals surface area contributed by atoms with Gasteiger partial charge in [0.15, 0.2) is 0 Å². The van der Waals surface area contributed by atoms with Crippen molar-refractivity contribution in [3.63, 3.8) is 0 Å². The second-order valence-electron chi connectivity index (χ2n) is 4.03. The Morgan fingerprint density at radius 2 is 2.29 bits per heavy atom. The van der Waals surface area contributed by atoms with Gasteiger partial charge in [0.1, 0.15) is 5.67 Å². The highest BCUT2D eigenvalue weighted by molar-refractivity contribution is 7.07. The fourth-order valence-corrected chi connectivity index (χ4v) is 2.12. The normalized spacial score (nSPS) is 15.8. The molecule has 0 saturated carbocycles. The maximum absolute atomic E-state index is 14.1. The molecule has 1 rings (SSSR count). The summed E-state index contributed by atoms with van der Waals surface area (Å²) in [4.78, 5) is 0. The minimum atomic E-state index is -1.21. The van der Waals surface area contributed by atoms with Crippen molar-refractivity contribution in [2.75, 3.05) is 6.54 Å². The molecule has 0 spiro atoms. The van der Waals surface area contributed by atoms with Crippen LogP contribution in [0.25, 0.3) is 0 Å². The predicted molar refractivity (Wildman–Crippen MR) is 60.4 cm³/mol. The average molecular weight is 215 g/mol. The summed E-state index contributed by atoms with van der Waals surface area (Å²) >= 11 is 1.65. The van der Waals surface area contributed by atoms with Crippen molar-refractivity contribution in [1.29, 1.82) is 0 Å². The Hall–Kier alpha value is -0.410. The number of nitrogens with two attached hydrogens (primary N) is 1. The fourth-order valence-electron chi connectivity index (χ4n) is 1.41. The minimum absolute atomic E-state index is 0.00821. The van der Waals surface area contributed by atoms with Crippen LogP contribution in [0.1, 0.15) is 25.8 Å². The lowest BCUT2D eigenvalue weighted by molar-refractivity contribution is 0.0993. The Kier molecular flexibility index (Phi) is 4.08. The Morgan fingerprint density at radius 3 is 2.71 bits per heavy atom. The molecule has 0 aliphatic rings. The van der Waals surface area contributed by atoms with Crippen molar-refractivity contribution in [3.05, 3.63) is 22.4 Å². The van der Waals surface area contributed by atoms with Gasteiger partial charge in [0.2, 0.25) is 0 Å². The lowest BCUT2D eigenvalue weighted by Crippen LogP contribution is -2.38. The van der Waals surface area contributed by atoms with E-state index in [2.05, 4.69) is 5.38 Å². The molecule has 0 aliphatic heterocycles. The number of hydrogen-bond acceptors (Lipinski definition) is 2. The first-order valence-corrected chi connectivity index (χ1v) is 5.93. The second kappa shape index (κ2) is 4.89. The minimum Gasteiger partial charge on any atom is -0.328 e. The Bertz CT molecular complexity index is 258. The monoisotopic (exact) mass is 215 g/mol. The van der Waals surface area contributed by atoms with Crippen LogP contribution in [-0.2, 0) is 6.42 Å². The zero-order valence-electron chi connectivity index (χ0n) is 8.79. The van der Waals surface area contributed by atoms with E-state index in [4.69, 9.17) is 5.73 Å². The molecule has 0 aliphatic carbocycles. The third-order valence-corrected chi connectivity index (χ3v) is 3.52. The van der Waals surface area contributed by atoms with E-state index in [0.29, 0.717) is 6.42 Å². The van der Waals surface area contributed by atoms with E-state index < -0.39 is 5.67 Å². The molecule has 80 valence electrons. The van der Waals surface area contributed by atoms with Gasteiger partial charge in [-0.05, 0) is 41.1 Å². The molecule has 2 N–H and O–H groups in total. The molecule has 0 fully saturated rings. The summed E-state index contributed by atoms with van der Waals surface area (Å²) in [6.45, 7) is 3.90. The van der Waals surface area contributed by atoms with Gasteiger partial charge in [0.25, 0.3) is 0 Å². The molecule has 0 radical (unpaired) electrons. The van der Waals surface area contributed by atoms with Crippen LogP contribution in [0, 0.1) is 5.92 Å². The third kappa shape index (κ3) is 2.79. The van der Waals surface area contributed by atoms with Gasteiger partial charge in [0.05, 0.1) is 0 Å². The largest absolute Gasteiger partial charge is 0.328 e. The molecule has 0 saturated heterocycles. The van der Waals surface area contributed by atoms with E-state index in [1.54, 1.807) is 11.3 Å². The van der Waals surface area contributed by atoms with Gasteiger partial charge in [0, 0.05) is 6.54 Å². The van der Waals surface area contributed by atoms with Crippen molar-refractivity contribution in [2.24, 2.45) is 11.7 Å². The molecular formula is C11H18FNS. The summed E-state index contributed by atoms with van der Waals surface area (Å²) in [6.07, 6.45) is 1.31. The van der Waals surface area contributed by atoms with Crippen molar-refractivity contribution in [1.82, 2.24) is 0 Å². The quantitative estimate of drug-likeness (QED) is 0.803. The third-order valence-electron chi connectivity index (χ3n) is 2.78. The zero-order valence-corrected chi connectivity index (χ0v) is 9.61. The summed E-state index contributed by atoms with van der Waals surface area (Å²) < 4.78 is 14.1. The van der Waals surface area contributed by atoms with Gasteiger partial charge in [-0.2, -0.15) is 11.3 Å². The van der Waals surface area contributed by atoms with Crippen LogP contribution in [0.15, 0.2) is 16.8 Å². The molecule has 1 nitrogen and oxygen atoms in total. The molecule has 0 amide bonds. The van der Waals surface area contributed by atoms with Crippen molar-refractivity contribution < 1.29 is 4.39 Å². The first-order chi connectivity index (χ1) is 6.58. The summed E-state index contributed by atoms with van der Waals surface area (Å²) in [6, 6.07) is 2.04. The molecule has 0 bridgehead atoms. The smallest absolute Gasteiger partial charge is 0.125 e. The Morgan fingerprint density at radius 1 is 1.57 bits per heavy atom.